The molecule has 0 saturated heterocycles. The van der Waals surface area contributed by atoms with E-state index in [0.29, 0.717) is 29.0 Å². The third kappa shape index (κ3) is 2.65. The van der Waals surface area contributed by atoms with E-state index in [0.717, 1.165) is 29.7 Å². The molecule has 1 aromatic carbocycles. The van der Waals surface area contributed by atoms with Crippen LogP contribution in [0, 0.1) is 0 Å². The minimum Gasteiger partial charge on any atom is -0.493 e. The maximum Gasteiger partial charge on any atom is 0.227 e. The zero-order chi connectivity index (χ0) is 18.3. The molecule has 8 heteroatoms. The van der Waals surface area contributed by atoms with Crippen LogP contribution in [0.15, 0.2) is 34.6 Å². The summed E-state index contributed by atoms with van der Waals surface area (Å²) < 4.78 is 12.6. The maximum atomic E-state index is 12.8. The molecule has 4 rings (SSSR count). The molecule has 7 nitrogen and oxygen atoms in total. The molecule has 1 N–H and O–H groups in total. The molecule has 0 spiro atoms. The minimum absolute atomic E-state index is 0.158. The number of methoxy groups -OCH3 is 2. The van der Waals surface area contributed by atoms with Crippen molar-refractivity contribution in [1.29, 1.82) is 0 Å². The molecule has 2 aliphatic rings. The Bertz CT molecular complexity index is 906. The standard InChI is InChI=1S/C18H20N4O3S/c1-24-13-8-7-10(9-14(13)25-2)16-15-11(5-4-6-12(15)23)19-17-20-18(26-3)21-22(16)17/h7-9,16H,4-6H2,1-3H3,(H,19,20,21)/t16-/m0/s1. The van der Waals surface area contributed by atoms with E-state index in [4.69, 9.17) is 9.47 Å². The van der Waals surface area contributed by atoms with Gasteiger partial charge in [0.25, 0.3) is 0 Å². The lowest BCUT2D eigenvalue weighted by molar-refractivity contribution is -0.116. The first-order valence-electron chi connectivity index (χ1n) is 8.42. The first-order chi connectivity index (χ1) is 12.7. The second-order valence-corrected chi connectivity index (χ2v) is 6.95. The van der Waals surface area contributed by atoms with E-state index < -0.39 is 0 Å². The van der Waals surface area contributed by atoms with Crippen LogP contribution in [-0.2, 0) is 4.79 Å². The van der Waals surface area contributed by atoms with Gasteiger partial charge in [0.2, 0.25) is 11.1 Å². The Balaban J connectivity index is 1.90. The zero-order valence-corrected chi connectivity index (χ0v) is 15.7. The molecule has 1 aliphatic heterocycles. The predicted molar refractivity (Wildman–Crippen MR) is 99.0 cm³/mol. The molecule has 1 aliphatic carbocycles. The van der Waals surface area contributed by atoms with Gasteiger partial charge in [-0.05, 0) is 36.8 Å². The summed E-state index contributed by atoms with van der Waals surface area (Å²) in [6, 6.07) is 5.40. The van der Waals surface area contributed by atoms with Crippen molar-refractivity contribution in [2.45, 2.75) is 30.5 Å². The number of hydrogen-bond donors (Lipinski definition) is 1. The number of aromatic nitrogens is 3. The van der Waals surface area contributed by atoms with Gasteiger partial charge in [-0.25, -0.2) is 4.68 Å². The van der Waals surface area contributed by atoms with E-state index in [1.54, 1.807) is 18.9 Å². The van der Waals surface area contributed by atoms with E-state index in [9.17, 15) is 4.79 Å². The van der Waals surface area contributed by atoms with Crippen LogP contribution in [0.4, 0.5) is 5.95 Å². The van der Waals surface area contributed by atoms with Crippen molar-refractivity contribution in [3.8, 4) is 11.5 Å². The van der Waals surface area contributed by atoms with Crippen LogP contribution in [0.3, 0.4) is 0 Å². The molecule has 1 atom stereocenters. The molecule has 0 amide bonds. The number of carbonyl (C=O) groups excluding carboxylic acids is 1. The third-order valence-electron chi connectivity index (χ3n) is 4.75. The molecular weight excluding hydrogens is 352 g/mol. The SMILES string of the molecule is COc1ccc([C@H]2C3=C(CCCC3=O)Nc3nc(SC)nn32)cc1OC. The number of hydrogen-bond acceptors (Lipinski definition) is 7. The number of carbonyl (C=O) groups is 1. The van der Waals surface area contributed by atoms with Gasteiger partial charge < -0.3 is 14.8 Å². The summed E-state index contributed by atoms with van der Waals surface area (Å²) in [5.41, 5.74) is 2.65. The average molecular weight is 372 g/mol. The number of Topliss-reactive ketones (excluding diaryl/α,β-unsaturated/α-hetero) is 1. The van der Waals surface area contributed by atoms with Gasteiger partial charge in [0.05, 0.1) is 14.2 Å². The van der Waals surface area contributed by atoms with E-state index in [1.807, 2.05) is 24.5 Å². The fourth-order valence-corrected chi connectivity index (χ4v) is 3.90. The molecule has 1 aromatic heterocycles. The molecule has 26 heavy (non-hydrogen) atoms. The fraction of sp³-hybridized carbons (Fsp3) is 0.389. The highest BCUT2D eigenvalue weighted by Gasteiger charge is 2.37. The minimum atomic E-state index is -0.317. The van der Waals surface area contributed by atoms with Crippen LogP contribution in [-0.4, -0.2) is 41.0 Å². The summed E-state index contributed by atoms with van der Waals surface area (Å²) in [5, 5.41) is 8.58. The third-order valence-corrected chi connectivity index (χ3v) is 5.29. The van der Waals surface area contributed by atoms with Crippen molar-refractivity contribution in [3.05, 3.63) is 35.0 Å². The Labute approximate surface area is 155 Å². The van der Waals surface area contributed by atoms with Crippen LogP contribution in [0.1, 0.15) is 30.9 Å². The van der Waals surface area contributed by atoms with Gasteiger partial charge in [0, 0.05) is 17.7 Å². The summed E-state index contributed by atoms with van der Waals surface area (Å²) in [7, 11) is 3.21. The normalized spacial score (nSPS) is 18.9. The Morgan fingerprint density at radius 3 is 2.77 bits per heavy atom. The van der Waals surface area contributed by atoms with Gasteiger partial charge in [0.1, 0.15) is 6.04 Å². The van der Waals surface area contributed by atoms with E-state index in [-0.39, 0.29) is 11.8 Å². The maximum absolute atomic E-state index is 12.8. The van der Waals surface area contributed by atoms with Crippen LogP contribution in [0.25, 0.3) is 0 Å². The van der Waals surface area contributed by atoms with Crippen molar-refractivity contribution >= 4 is 23.5 Å². The van der Waals surface area contributed by atoms with Crippen molar-refractivity contribution < 1.29 is 14.3 Å². The van der Waals surface area contributed by atoms with E-state index >= 15 is 0 Å². The smallest absolute Gasteiger partial charge is 0.227 e. The number of thioether (sulfide) groups is 1. The molecule has 2 aromatic rings. The summed E-state index contributed by atoms with van der Waals surface area (Å²) in [4.78, 5) is 17.3. The lowest BCUT2D eigenvalue weighted by Crippen LogP contribution is -2.31. The average Bonchev–Trinajstić information content (AvgIpc) is 3.08. The topological polar surface area (TPSA) is 78.3 Å². The summed E-state index contributed by atoms with van der Waals surface area (Å²) in [5.74, 6) is 2.10. The summed E-state index contributed by atoms with van der Waals surface area (Å²) in [6.07, 6.45) is 4.19. The number of anilines is 1. The quantitative estimate of drug-likeness (QED) is 0.827. The Morgan fingerprint density at radius 2 is 2.04 bits per heavy atom. The molecule has 0 fully saturated rings. The lowest BCUT2D eigenvalue weighted by Gasteiger charge is -2.32. The monoisotopic (exact) mass is 372 g/mol. The van der Waals surface area contributed by atoms with Gasteiger partial charge in [-0.15, -0.1) is 5.10 Å². The Morgan fingerprint density at radius 1 is 1.23 bits per heavy atom. The number of rotatable bonds is 4. The molecule has 0 radical (unpaired) electrons. The summed E-state index contributed by atoms with van der Waals surface area (Å²) >= 11 is 1.48. The van der Waals surface area contributed by atoms with Crippen molar-refractivity contribution in [1.82, 2.24) is 14.8 Å². The number of ketones is 1. The highest BCUT2D eigenvalue weighted by atomic mass is 32.2. The van der Waals surface area contributed by atoms with Gasteiger partial charge >= 0.3 is 0 Å². The van der Waals surface area contributed by atoms with E-state index in [2.05, 4.69) is 15.4 Å². The largest absolute Gasteiger partial charge is 0.493 e. The number of nitrogens with zero attached hydrogens (tertiary/aromatic N) is 3. The number of benzene rings is 1. The fourth-order valence-electron chi connectivity index (χ4n) is 3.55. The number of fused-ring (bicyclic) bond motifs is 1. The van der Waals surface area contributed by atoms with E-state index in [1.165, 1.54) is 11.8 Å². The summed E-state index contributed by atoms with van der Waals surface area (Å²) in [6.45, 7) is 0. The van der Waals surface area contributed by atoms with Gasteiger partial charge in [-0.3, -0.25) is 4.79 Å². The van der Waals surface area contributed by atoms with Crippen molar-refractivity contribution in [3.63, 3.8) is 0 Å². The second kappa shape index (κ2) is 6.68. The van der Waals surface area contributed by atoms with Crippen LogP contribution in [0.2, 0.25) is 0 Å². The van der Waals surface area contributed by atoms with Gasteiger partial charge in [0.15, 0.2) is 17.3 Å². The highest BCUT2D eigenvalue weighted by molar-refractivity contribution is 7.98. The number of nitrogens with one attached hydrogen (secondary N) is 1. The first-order valence-corrected chi connectivity index (χ1v) is 9.64. The predicted octanol–water partition coefficient (Wildman–Crippen LogP) is 3.04. The number of allylic oxidation sites excluding steroid dienone is 2. The van der Waals surface area contributed by atoms with Crippen LogP contribution in [0.5, 0.6) is 11.5 Å². The lowest BCUT2D eigenvalue weighted by atomic mass is 9.85. The Kier molecular flexibility index (Phi) is 4.36. The zero-order valence-electron chi connectivity index (χ0n) is 14.9. The van der Waals surface area contributed by atoms with Crippen LogP contribution < -0.4 is 14.8 Å². The van der Waals surface area contributed by atoms with Gasteiger partial charge in [-0.1, -0.05) is 17.8 Å². The molecule has 2 heterocycles. The first kappa shape index (κ1) is 17.0. The molecule has 0 saturated carbocycles. The van der Waals surface area contributed by atoms with Crippen LogP contribution >= 0.6 is 11.8 Å². The highest BCUT2D eigenvalue weighted by Crippen LogP contribution is 2.42. The molecule has 0 bridgehead atoms. The molecule has 0 unspecified atom stereocenters. The second-order valence-electron chi connectivity index (χ2n) is 6.18. The van der Waals surface area contributed by atoms with Gasteiger partial charge in [-0.2, -0.15) is 4.98 Å². The molecule has 136 valence electrons. The Hall–Kier alpha value is -2.48. The number of ether oxygens (including phenoxy) is 2. The molecular formula is C18H20N4O3S. The van der Waals surface area contributed by atoms with Crippen molar-refractivity contribution in [2.75, 3.05) is 25.8 Å². The van der Waals surface area contributed by atoms with Crippen molar-refractivity contribution in [2.24, 2.45) is 0 Å².